The van der Waals surface area contributed by atoms with E-state index in [2.05, 4.69) is 15.0 Å². The van der Waals surface area contributed by atoms with E-state index in [1.807, 2.05) is 0 Å². The molecule has 4 atom stereocenters. The van der Waals surface area contributed by atoms with Gasteiger partial charge in [-0.3, -0.25) is 13.6 Å². The Labute approximate surface area is 175 Å². The summed E-state index contributed by atoms with van der Waals surface area (Å²) in [6.45, 7) is -0.144. The van der Waals surface area contributed by atoms with Crippen molar-refractivity contribution >= 4 is 24.8 Å². The minimum atomic E-state index is -3.87. The molecule has 1 unspecified atom stereocenters. The highest BCUT2D eigenvalue weighted by Gasteiger charge is 2.41. The molecule has 0 bridgehead atoms. The summed E-state index contributed by atoms with van der Waals surface area (Å²) in [6.07, 6.45) is -0.308. The number of benzene rings is 1. The molecule has 5 rings (SSSR count). The van der Waals surface area contributed by atoms with Crippen molar-refractivity contribution in [1.29, 1.82) is 0 Å². The van der Waals surface area contributed by atoms with Gasteiger partial charge in [-0.15, -0.1) is 0 Å². The lowest BCUT2D eigenvalue weighted by atomic mass is 10.2. The Balaban J connectivity index is 1.25. The molecule has 4 heterocycles. The molecule has 1 saturated heterocycles. The van der Waals surface area contributed by atoms with Crippen molar-refractivity contribution in [1.82, 2.24) is 19.5 Å². The lowest BCUT2D eigenvalue weighted by Crippen LogP contribution is -2.19. The van der Waals surface area contributed by atoms with Gasteiger partial charge in [-0.05, 0) is 18.2 Å². The molecule has 31 heavy (non-hydrogen) atoms. The number of hydrogen-bond acceptors (Lipinski definition) is 10. The van der Waals surface area contributed by atoms with Crippen LogP contribution in [0.5, 0.6) is 11.5 Å². The van der Waals surface area contributed by atoms with Gasteiger partial charge in [0.05, 0.1) is 32.8 Å². The maximum absolute atomic E-state index is 14.7. The summed E-state index contributed by atoms with van der Waals surface area (Å²) in [6, 6.07) is 5.03. The number of nitrogens with zero attached hydrogens (tertiary/aromatic N) is 4. The van der Waals surface area contributed by atoms with E-state index in [4.69, 9.17) is 28.8 Å². The number of phosphoric ester groups is 1. The largest absolute Gasteiger partial charge is 0.530 e. The molecular weight excluding hydrogens is 432 g/mol. The van der Waals surface area contributed by atoms with Crippen LogP contribution in [0.3, 0.4) is 0 Å². The van der Waals surface area contributed by atoms with Gasteiger partial charge in [0.25, 0.3) is 0 Å². The summed E-state index contributed by atoms with van der Waals surface area (Å²) < 4.78 is 56.1. The number of nitrogen functional groups attached to an aromatic ring is 1. The van der Waals surface area contributed by atoms with Gasteiger partial charge in [0.1, 0.15) is 29.5 Å². The number of aromatic nitrogens is 4. The van der Waals surface area contributed by atoms with Crippen molar-refractivity contribution in [3.8, 4) is 11.5 Å². The summed E-state index contributed by atoms with van der Waals surface area (Å²) in [5, 5.41) is 0. The first-order valence-corrected chi connectivity index (χ1v) is 10.9. The number of anilines is 1. The first-order chi connectivity index (χ1) is 15.0. The zero-order chi connectivity index (χ0) is 21.6. The van der Waals surface area contributed by atoms with Crippen LogP contribution in [0.25, 0.3) is 11.2 Å². The molecule has 2 aromatic heterocycles. The van der Waals surface area contributed by atoms with Crippen molar-refractivity contribution in [2.75, 3.05) is 19.5 Å². The Morgan fingerprint density at radius 2 is 2.23 bits per heavy atom. The minimum Gasteiger partial charge on any atom is -0.497 e. The van der Waals surface area contributed by atoms with Crippen LogP contribution in [-0.4, -0.2) is 45.5 Å². The average molecular weight is 451 g/mol. The lowest BCUT2D eigenvalue weighted by Gasteiger charge is -2.25. The number of fused-ring (bicyclic) bond motifs is 2. The summed E-state index contributed by atoms with van der Waals surface area (Å²) in [5.41, 5.74) is 7.19. The normalized spacial score (nSPS) is 27.7. The number of hydrogen-bond donors (Lipinski definition) is 1. The van der Waals surface area contributed by atoms with Gasteiger partial charge in [-0.2, -0.15) is 0 Å². The van der Waals surface area contributed by atoms with Gasteiger partial charge in [-0.25, -0.2) is 23.9 Å². The van der Waals surface area contributed by atoms with Crippen LogP contribution in [0.15, 0.2) is 30.9 Å². The van der Waals surface area contributed by atoms with Crippen molar-refractivity contribution in [3.63, 3.8) is 0 Å². The van der Waals surface area contributed by atoms with Crippen LogP contribution in [0.1, 0.15) is 18.2 Å². The van der Waals surface area contributed by atoms with Gasteiger partial charge in [0.2, 0.25) is 0 Å². The fraction of sp³-hybridized carbons (Fsp3) is 0.389. The van der Waals surface area contributed by atoms with Gasteiger partial charge in [0.15, 0.2) is 17.7 Å². The Kier molecular flexibility index (Phi) is 5.01. The van der Waals surface area contributed by atoms with Gasteiger partial charge in [-0.1, -0.05) is 0 Å². The molecular formula is C18H19FN5O6P. The average Bonchev–Trinajstić information content (AvgIpc) is 3.36. The number of imidazole rings is 1. The van der Waals surface area contributed by atoms with Crippen LogP contribution in [0.4, 0.5) is 10.2 Å². The third-order valence-electron chi connectivity index (χ3n) is 5.07. The molecule has 0 aliphatic carbocycles. The van der Waals surface area contributed by atoms with Gasteiger partial charge < -0.3 is 19.7 Å². The predicted molar refractivity (Wildman–Crippen MR) is 105 cm³/mol. The molecule has 1 fully saturated rings. The van der Waals surface area contributed by atoms with E-state index in [-0.39, 0.29) is 25.5 Å². The molecule has 2 N–H and O–H groups in total. The molecule has 0 saturated carbocycles. The van der Waals surface area contributed by atoms with Crippen LogP contribution >= 0.6 is 7.82 Å². The molecule has 1 aromatic carbocycles. The number of methoxy groups -OCH3 is 1. The summed E-state index contributed by atoms with van der Waals surface area (Å²) in [4.78, 5) is 12.1. The van der Waals surface area contributed by atoms with Crippen LogP contribution in [0.2, 0.25) is 0 Å². The monoisotopic (exact) mass is 451 g/mol. The first-order valence-electron chi connectivity index (χ1n) is 9.44. The molecule has 2 aliphatic rings. The van der Waals surface area contributed by atoms with Gasteiger partial charge in [0, 0.05) is 12.0 Å². The maximum Gasteiger partial charge on any atom is 0.530 e. The van der Waals surface area contributed by atoms with E-state index < -0.39 is 26.3 Å². The van der Waals surface area contributed by atoms with E-state index in [0.29, 0.717) is 28.2 Å². The maximum atomic E-state index is 14.7. The quantitative estimate of drug-likeness (QED) is 0.577. The number of halogens is 1. The highest BCUT2D eigenvalue weighted by Crippen LogP contribution is 2.55. The van der Waals surface area contributed by atoms with Crippen LogP contribution < -0.4 is 15.0 Å². The van der Waals surface area contributed by atoms with Crippen molar-refractivity contribution in [3.05, 3.63) is 36.4 Å². The van der Waals surface area contributed by atoms with E-state index in [9.17, 15) is 8.96 Å². The van der Waals surface area contributed by atoms with E-state index in [1.54, 1.807) is 25.3 Å². The zero-order valence-electron chi connectivity index (χ0n) is 16.4. The number of nitrogens with two attached hydrogens (primary N) is 1. The van der Waals surface area contributed by atoms with Crippen molar-refractivity contribution in [2.24, 2.45) is 0 Å². The van der Waals surface area contributed by atoms with Crippen LogP contribution in [0, 0.1) is 0 Å². The Morgan fingerprint density at radius 1 is 1.35 bits per heavy atom. The highest BCUT2D eigenvalue weighted by molar-refractivity contribution is 7.49. The third-order valence-corrected chi connectivity index (χ3v) is 6.40. The molecule has 164 valence electrons. The molecule has 13 heteroatoms. The molecule has 11 nitrogen and oxygen atoms in total. The second-order valence-electron chi connectivity index (χ2n) is 7.06. The Morgan fingerprint density at radius 3 is 3.06 bits per heavy atom. The van der Waals surface area contributed by atoms with E-state index in [0.717, 1.165) is 0 Å². The number of alkyl halides is 1. The van der Waals surface area contributed by atoms with Crippen molar-refractivity contribution < 1.29 is 32.0 Å². The lowest BCUT2D eigenvalue weighted by molar-refractivity contribution is -0.0362. The van der Waals surface area contributed by atoms with Crippen LogP contribution in [-0.2, 0) is 25.0 Å². The smallest absolute Gasteiger partial charge is 0.497 e. The third kappa shape index (κ3) is 3.72. The van der Waals surface area contributed by atoms with E-state index in [1.165, 1.54) is 17.2 Å². The summed E-state index contributed by atoms with van der Waals surface area (Å²) in [5.74, 6) is 1.20. The fourth-order valence-electron chi connectivity index (χ4n) is 3.53. The topological polar surface area (TPSA) is 133 Å². The number of phosphoric acid groups is 1. The Hall–Kier alpha value is -2.79. The van der Waals surface area contributed by atoms with Gasteiger partial charge >= 0.3 is 7.82 Å². The zero-order valence-corrected chi connectivity index (χ0v) is 17.3. The van der Waals surface area contributed by atoms with Crippen molar-refractivity contribution in [2.45, 2.75) is 31.5 Å². The SMILES string of the molecule is COc1ccc2c(c1)COP(=O)(OC[C@@H]1C[C@@H](F)[C@H](n3cnc4c(N)ncnc43)O1)O2. The minimum absolute atomic E-state index is 0.0265. The molecule has 0 radical (unpaired) electrons. The standard InChI is InChI=1S/C18H19FN5O6P/c1-26-11-2-3-14-10(4-11)6-27-31(25,30-14)28-7-12-5-13(19)18(29-12)24-9-23-15-16(20)21-8-22-17(15)24/h2-4,8-9,12-13,18H,5-7H2,1H3,(H2,20,21,22)/t12-,13+,18+,31?/m0/s1. The Bertz CT molecular complexity index is 1180. The highest BCUT2D eigenvalue weighted by atomic mass is 31.2. The van der Waals surface area contributed by atoms with E-state index >= 15 is 0 Å². The molecule has 0 amide bonds. The number of rotatable bonds is 5. The summed E-state index contributed by atoms with van der Waals surface area (Å²) >= 11 is 0. The fourth-order valence-corrected chi connectivity index (χ4v) is 4.77. The predicted octanol–water partition coefficient (Wildman–Crippen LogP) is 2.78. The molecule has 0 spiro atoms. The first kappa shape index (κ1) is 20.1. The second-order valence-corrected chi connectivity index (χ2v) is 8.66. The molecule has 2 aliphatic heterocycles. The number of ether oxygens (including phenoxy) is 2. The summed E-state index contributed by atoms with van der Waals surface area (Å²) in [7, 11) is -2.32. The second kappa shape index (κ2) is 7.72. The molecule has 3 aromatic rings.